The van der Waals surface area contributed by atoms with Gasteiger partial charge >= 0.3 is 11.8 Å². The van der Waals surface area contributed by atoms with Crippen molar-refractivity contribution in [1.29, 1.82) is 0 Å². The van der Waals surface area contributed by atoms with Crippen molar-refractivity contribution < 1.29 is 14.3 Å². The van der Waals surface area contributed by atoms with E-state index in [-0.39, 0.29) is 23.9 Å². The summed E-state index contributed by atoms with van der Waals surface area (Å²) < 4.78 is 7.68. The number of amides is 2. The van der Waals surface area contributed by atoms with Crippen LogP contribution in [0.25, 0.3) is 10.9 Å². The molecule has 3 aromatic rings. The van der Waals surface area contributed by atoms with E-state index in [1.165, 1.54) is 6.20 Å². The average Bonchev–Trinajstić information content (AvgIpc) is 3.52. The molecule has 3 N–H and O–H groups in total. The van der Waals surface area contributed by atoms with Crippen LogP contribution in [-0.2, 0) is 14.3 Å². The molecule has 1 aromatic carbocycles. The van der Waals surface area contributed by atoms with Crippen molar-refractivity contribution in [3.8, 4) is 0 Å². The molecule has 2 aliphatic heterocycles. The Kier molecular flexibility index (Phi) is 6.31. The normalized spacial score (nSPS) is 25.3. The number of ether oxygens (including phenoxy) is 1. The van der Waals surface area contributed by atoms with Crippen LogP contribution >= 0.6 is 0 Å². The Bertz CT molecular complexity index is 1350. The number of piperazine rings is 1. The highest BCUT2D eigenvalue weighted by Gasteiger charge is 2.49. The highest BCUT2D eigenvalue weighted by molar-refractivity contribution is 6.40. The Balaban J connectivity index is 1.29. The molecule has 3 atom stereocenters. The van der Waals surface area contributed by atoms with Gasteiger partial charge in [0, 0.05) is 31.3 Å². The van der Waals surface area contributed by atoms with E-state index in [1.54, 1.807) is 15.8 Å². The number of nitrogens with two attached hydrogens (primary N) is 1. The van der Waals surface area contributed by atoms with Crippen LogP contribution in [-0.4, -0.2) is 67.7 Å². The van der Waals surface area contributed by atoms with Gasteiger partial charge in [-0.15, -0.1) is 0 Å². The number of carbonyl (C=O) groups excluding carboxylic acids is 2. The first kappa shape index (κ1) is 24.8. The molecule has 6 rings (SSSR count). The van der Waals surface area contributed by atoms with Gasteiger partial charge in [0.05, 0.1) is 29.5 Å². The summed E-state index contributed by atoms with van der Waals surface area (Å²) in [6.07, 6.45) is 8.03. The number of rotatable bonds is 4. The van der Waals surface area contributed by atoms with Crippen LogP contribution in [0.3, 0.4) is 0 Å². The van der Waals surface area contributed by atoms with Crippen LogP contribution < -0.4 is 11.1 Å². The highest BCUT2D eigenvalue weighted by atomic mass is 16.5. The van der Waals surface area contributed by atoms with E-state index in [4.69, 9.17) is 10.5 Å². The summed E-state index contributed by atoms with van der Waals surface area (Å²) in [6, 6.07) is 9.91. The number of nitrogens with zero attached hydrogens (tertiary/aromatic N) is 5. The van der Waals surface area contributed by atoms with E-state index in [0.717, 1.165) is 37.7 Å². The molecule has 200 valence electrons. The van der Waals surface area contributed by atoms with Gasteiger partial charge in [-0.25, -0.2) is 9.67 Å². The number of hydrogen-bond acceptors (Lipinski definition) is 7. The number of nitrogen functional groups attached to an aromatic ring is 1. The molecule has 3 aliphatic rings. The Morgan fingerprint density at radius 1 is 1.13 bits per heavy atom. The molecule has 0 bridgehead atoms. The second kappa shape index (κ2) is 9.67. The van der Waals surface area contributed by atoms with Gasteiger partial charge in [-0.2, -0.15) is 5.10 Å². The third-order valence-corrected chi connectivity index (χ3v) is 8.38. The zero-order chi connectivity index (χ0) is 26.4. The van der Waals surface area contributed by atoms with E-state index in [2.05, 4.69) is 34.1 Å². The molecule has 10 nitrogen and oxygen atoms in total. The van der Waals surface area contributed by atoms with E-state index < -0.39 is 11.8 Å². The lowest BCUT2D eigenvalue weighted by atomic mass is 9.97. The highest BCUT2D eigenvalue weighted by Crippen LogP contribution is 2.45. The second-order valence-corrected chi connectivity index (χ2v) is 11.1. The smallest absolute Gasteiger partial charge is 0.314 e. The largest absolute Gasteiger partial charge is 0.383 e. The minimum absolute atomic E-state index is 0.147. The zero-order valence-electron chi connectivity index (χ0n) is 22.0. The van der Waals surface area contributed by atoms with E-state index in [0.29, 0.717) is 42.1 Å². The molecule has 1 saturated carbocycles. The maximum Gasteiger partial charge on any atom is 0.314 e. The topological polar surface area (TPSA) is 119 Å². The summed E-state index contributed by atoms with van der Waals surface area (Å²) in [6.45, 7) is 6.25. The standard InChI is InChI=1S/C28H35N7O3/c1-18-16-33(22(19-8-4-3-5-9-19)17-34(18)28(2)11-12-28)27(37)26(36)32-21-15-30-25(29)20-14-31-35(24(20)21)23-10-6-7-13-38-23/h3-5,8-9,14-15,18,22-23H,6-7,10-13,16-17H2,1-2H3,(H2,29,30)(H,32,36)/t18-,22-,23?/m1/s1. The number of aromatic nitrogens is 3. The molecule has 1 unspecified atom stereocenters. The van der Waals surface area contributed by atoms with Crippen molar-refractivity contribution in [3.63, 3.8) is 0 Å². The molecule has 2 amide bonds. The van der Waals surface area contributed by atoms with Gasteiger partial charge in [0.15, 0.2) is 6.23 Å². The molecule has 2 saturated heterocycles. The SMILES string of the molecule is C[C@@H]1CN(C(=O)C(=O)Nc2cnc(N)c3cnn(C4CCCCO4)c23)[C@@H](c2ccccc2)CN1C1(C)CC1. The molecule has 10 heteroatoms. The number of nitrogens with one attached hydrogen (secondary N) is 1. The molecule has 2 aromatic heterocycles. The van der Waals surface area contributed by atoms with Gasteiger partial charge in [0.1, 0.15) is 11.3 Å². The fourth-order valence-corrected chi connectivity index (χ4v) is 6.00. The molecule has 3 fully saturated rings. The zero-order valence-corrected chi connectivity index (χ0v) is 22.0. The third kappa shape index (κ3) is 4.41. The predicted octanol–water partition coefficient (Wildman–Crippen LogP) is 3.48. The second-order valence-electron chi connectivity index (χ2n) is 11.1. The van der Waals surface area contributed by atoms with Crippen LogP contribution in [0.5, 0.6) is 0 Å². The first-order chi connectivity index (χ1) is 18.4. The van der Waals surface area contributed by atoms with Crippen LogP contribution in [0.1, 0.15) is 63.8 Å². The Morgan fingerprint density at radius 3 is 2.63 bits per heavy atom. The number of benzene rings is 1. The lowest BCUT2D eigenvalue weighted by Crippen LogP contribution is -2.59. The minimum Gasteiger partial charge on any atom is -0.383 e. The van der Waals surface area contributed by atoms with Crippen molar-refractivity contribution in [2.45, 2.75) is 69.8 Å². The molecule has 0 spiro atoms. The number of carbonyl (C=O) groups is 2. The van der Waals surface area contributed by atoms with Crippen molar-refractivity contribution in [3.05, 3.63) is 48.3 Å². The minimum atomic E-state index is -0.700. The number of pyridine rings is 1. The first-order valence-corrected chi connectivity index (χ1v) is 13.5. The quantitative estimate of drug-likeness (QED) is 0.509. The Morgan fingerprint density at radius 2 is 1.92 bits per heavy atom. The van der Waals surface area contributed by atoms with E-state index in [9.17, 15) is 9.59 Å². The first-order valence-electron chi connectivity index (χ1n) is 13.5. The van der Waals surface area contributed by atoms with Gasteiger partial charge in [-0.3, -0.25) is 14.5 Å². The summed E-state index contributed by atoms with van der Waals surface area (Å²) >= 11 is 0. The number of hydrogen-bond donors (Lipinski definition) is 2. The maximum atomic E-state index is 13.7. The van der Waals surface area contributed by atoms with Gasteiger partial charge in [-0.1, -0.05) is 30.3 Å². The van der Waals surface area contributed by atoms with Crippen molar-refractivity contribution in [2.75, 3.05) is 30.7 Å². The summed E-state index contributed by atoms with van der Waals surface area (Å²) in [5, 5.41) is 7.96. The average molecular weight is 518 g/mol. The lowest BCUT2D eigenvalue weighted by molar-refractivity contribution is -0.148. The van der Waals surface area contributed by atoms with Gasteiger partial charge in [-0.05, 0) is 51.5 Å². The summed E-state index contributed by atoms with van der Waals surface area (Å²) in [5.74, 6) is -0.945. The molecule has 4 heterocycles. The van der Waals surface area contributed by atoms with Crippen molar-refractivity contribution >= 4 is 34.2 Å². The maximum absolute atomic E-state index is 13.7. The van der Waals surface area contributed by atoms with E-state index >= 15 is 0 Å². The van der Waals surface area contributed by atoms with Gasteiger partial charge in [0.25, 0.3) is 0 Å². The Labute approximate surface area is 222 Å². The van der Waals surface area contributed by atoms with Gasteiger partial charge < -0.3 is 20.7 Å². The molecule has 38 heavy (non-hydrogen) atoms. The van der Waals surface area contributed by atoms with Crippen LogP contribution in [0.4, 0.5) is 11.5 Å². The number of fused-ring (bicyclic) bond motifs is 1. The summed E-state index contributed by atoms with van der Waals surface area (Å²) in [5.41, 5.74) is 8.34. The summed E-state index contributed by atoms with van der Waals surface area (Å²) in [7, 11) is 0. The summed E-state index contributed by atoms with van der Waals surface area (Å²) in [4.78, 5) is 35.7. The van der Waals surface area contributed by atoms with Crippen molar-refractivity contribution in [2.24, 2.45) is 0 Å². The molecule has 0 radical (unpaired) electrons. The fourth-order valence-electron chi connectivity index (χ4n) is 6.00. The van der Waals surface area contributed by atoms with Gasteiger partial charge in [0.2, 0.25) is 0 Å². The fraction of sp³-hybridized carbons (Fsp3) is 0.500. The van der Waals surface area contributed by atoms with Crippen LogP contribution in [0.15, 0.2) is 42.7 Å². The lowest BCUT2D eigenvalue weighted by Gasteiger charge is -2.48. The third-order valence-electron chi connectivity index (χ3n) is 8.38. The molecular weight excluding hydrogens is 482 g/mol. The van der Waals surface area contributed by atoms with Crippen LogP contribution in [0.2, 0.25) is 0 Å². The number of anilines is 2. The van der Waals surface area contributed by atoms with E-state index in [1.807, 2.05) is 30.3 Å². The molecule has 1 aliphatic carbocycles. The van der Waals surface area contributed by atoms with Crippen molar-refractivity contribution in [1.82, 2.24) is 24.6 Å². The monoisotopic (exact) mass is 517 g/mol. The Hall–Kier alpha value is -3.50. The predicted molar refractivity (Wildman–Crippen MR) is 144 cm³/mol. The van der Waals surface area contributed by atoms with Crippen LogP contribution in [0, 0.1) is 0 Å². The molecular formula is C28H35N7O3.